The first-order valence-electron chi connectivity index (χ1n) is 5.45. The highest BCUT2D eigenvalue weighted by Crippen LogP contribution is 2.25. The Bertz CT molecular complexity index is 506. The van der Waals surface area contributed by atoms with Crippen molar-refractivity contribution in [3.63, 3.8) is 0 Å². The minimum atomic E-state index is 0.155. The van der Waals surface area contributed by atoms with Gasteiger partial charge >= 0.3 is 0 Å². The number of phenols is 1. The molecule has 1 heterocycles. The van der Waals surface area contributed by atoms with Crippen molar-refractivity contribution in [1.29, 1.82) is 0 Å². The smallest absolute Gasteiger partial charge is 0.161 e. The lowest BCUT2D eigenvalue weighted by atomic mass is 10.3. The van der Waals surface area contributed by atoms with Crippen LogP contribution in [0.1, 0.15) is 11.3 Å². The predicted molar refractivity (Wildman–Crippen MR) is 65.7 cm³/mol. The largest absolute Gasteiger partial charge is 0.504 e. The van der Waals surface area contributed by atoms with Crippen LogP contribution in [0.2, 0.25) is 0 Å². The van der Waals surface area contributed by atoms with Gasteiger partial charge < -0.3 is 20.1 Å². The second-order valence-electron chi connectivity index (χ2n) is 3.91. The van der Waals surface area contributed by atoms with E-state index < -0.39 is 0 Å². The molecule has 0 aliphatic heterocycles. The fraction of sp³-hybridized carbons (Fsp3) is 0.231. The van der Waals surface area contributed by atoms with Crippen LogP contribution in [0.4, 0.5) is 0 Å². The molecule has 2 rings (SSSR count). The third-order valence-corrected chi connectivity index (χ3v) is 2.63. The summed E-state index contributed by atoms with van der Waals surface area (Å²) in [6.07, 6.45) is 1.97. The summed E-state index contributed by atoms with van der Waals surface area (Å²) < 4.78 is 7.51. The van der Waals surface area contributed by atoms with E-state index in [0.29, 0.717) is 18.9 Å². The van der Waals surface area contributed by atoms with Crippen LogP contribution in [0.5, 0.6) is 11.5 Å². The van der Waals surface area contributed by atoms with Gasteiger partial charge in [0.05, 0.1) is 0 Å². The van der Waals surface area contributed by atoms with Gasteiger partial charge in [0, 0.05) is 31.0 Å². The molecule has 4 heteroatoms. The average Bonchev–Trinajstić information content (AvgIpc) is 2.69. The summed E-state index contributed by atoms with van der Waals surface area (Å²) in [6, 6.07) is 8.93. The molecule has 0 atom stereocenters. The number of benzene rings is 1. The van der Waals surface area contributed by atoms with E-state index in [1.54, 1.807) is 18.2 Å². The van der Waals surface area contributed by atoms with E-state index in [4.69, 9.17) is 10.5 Å². The minimum absolute atomic E-state index is 0.155. The Morgan fingerprint density at radius 1 is 1.35 bits per heavy atom. The molecule has 90 valence electrons. The highest BCUT2D eigenvalue weighted by atomic mass is 16.5. The van der Waals surface area contributed by atoms with Crippen molar-refractivity contribution >= 4 is 0 Å². The van der Waals surface area contributed by atoms with Gasteiger partial charge in [-0.25, -0.2) is 0 Å². The molecule has 4 nitrogen and oxygen atoms in total. The molecule has 0 radical (unpaired) electrons. The van der Waals surface area contributed by atoms with Gasteiger partial charge in [-0.2, -0.15) is 0 Å². The fourth-order valence-corrected chi connectivity index (χ4v) is 1.71. The van der Waals surface area contributed by atoms with E-state index in [0.717, 1.165) is 11.3 Å². The molecule has 17 heavy (non-hydrogen) atoms. The molecule has 2 aromatic rings. The molecule has 0 saturated carbocycles. The van der Waals surface area contributed by atoms with E-state index in [-0.39, 0.29) is 5.75 Å². The fourth-order valence-electron chi connectivity index (χ4n) is 1.71. The molecule has 3 N–H and O–H groups in total. The lowest BCUT2D eigenvalue weighted by molar-refractivity contribution is 0.289. The summed E-state index contributed by atoms with van der Waals surface area (Å²) in [5.74, 6) is 0.646. The van der Waals surface area contributed by atoms with Gasteiger partial charge in [0.25, 0.3) is 0 Å². The van der Waals surface area contributed by atoms with Crippen molar-refractivity contribution < 1.29 is 9.84 Å². The van der Waals surface area contributed by atoms with Gasteiger partial charge in [0.15, 0.2) is 11.5 Å². The number of nitrogens with two attached hydrogens (primary N) is 1. The van der Waals surface area contributed by atoms with Crippen LogP contribution in [-0.2, 0) is 20.2 Å². The number of aromatic hydroxyl groups is 1. The molecule has 0 unspecified atom stereocenters. The van der Waals surface area contributed by atoms with Gasteiger partial charge in [-0.15, -0.1) is 0 Å². The number of para-hydroxylation sites is 2. The third kappa shape index (κ3) is 2.60. The van der Waals surface area contributed by atoms with E-state index in [9.17, 15) is 5.11 Å². The Morgan fingerprint density at radius 3 is 2.76 bits per heavy atom. The minimum Gasteiger partial charge on any atom is -0.504 e. The van der Waals surface area contributed by atoms with E-state index in [2.05, 4.69) is 0 Å². The lowest BCUT2D eigenvalue weighted by Crippen LogP contribution is -2.01. The van der Waals surface area contributed by atoms with E-state index >= 15 is 0 Å². The van der Waals surface area contributed by atoms with Crippen LogP contribution in [-0.4, -0.2) is 9.67 Å². The summed E-state index contributed by atoms with van der Waals surface area (Å²) in [4.78, 5) is 0. The van der Waals surface area contributed by atoms with E-state index in [1.165, 1.54) is 0 Å². The summed E-state index contributed by atoms with van der Waals surface area (Å²) >= 11 is 0. The van der Waals surface area contributed by atoms with Gasteiger partial charge in [-0.05, 0) is 18.2 Å². The number of phenolic OH excluding ortho intramolecular Hbond substituents is 1. The van der Waals surface area contributed by atoms with E-state index in [1.807, 2.05) is 29.9 Å². The molecule has 0 spiro atoms. The SMILES string of the molecule is Cn1cc(COc2ccccc2O)cc1CN. The first-order chi connectivity index (χ1) is 8.20. The molecule has 0 bridgehead atoms. The molecule has 0 aliphatic carbocycles. The molecule has 0 fully saturated rings. The lowest BCUT2D eigenvalue weighted by Gasteiger charge is -2.05. The molecule has 0 saturated heterocycles. The number of hydrogen-bond donors (Lipinski definition) is 2. The van der Waals surface area contributed by atoms with Crippen LogP contribution < -0.4 is 10.5 Å². The maximum atomic E-state index is 9.54. The van der Waals surface area contributed by atoms with Crippen molar-refractivity contribution in [3.05, 3.63) is 47.8 Å². The molecule has 1 aromatic heterocycles. The van der Waals surface area contributed by atoms with Gasteiger partial charge in [0.1, 0.15) is 6.61 Å². The Balaban J connectivity index is 2.05. The van der Waals surface area contributed by atoms with Crippen LogP contribution in [0.3, 0.4) is 0 Å². The zero-order valence-electron chi connectivity index (χ0n) is 9.76. The topological polar surface area (TPSA) is 60.4 Å². The normalized spacial score (nSPS) is 10.5. The van der Waals surface area contributed by atoms with Crippen molar-refractivity contribution in [2.45, 2.75) is 13.2 Å². The summed E-state index contributed by atoms with van der Waals surface area (Å²) in [5.41, 5.74) is 7.69. The Morgan fingerprint density at radius 2 is 2.12 bits per heavy atom. The van der Waals surface area contributed by atoms with Crippen LogP contribution in [0.15, 0.2) is 36.5 Å². The number of hydrogen-bond acceptors (Lipinski definition) is 3. The van der Waals surface area contributed by atoms with Gasteiger partial charge in [-0.1, -0.05) is 12.1 Å². The van der Waals surface area contributed by atoms with Crippen LogP contribution in [0.25, 0.3) is 0 Å². The number of rotatable bonds is 4. The van der Waals surface area contributed by atoms with Gasteiger partial charge in [-0.3, -0.25) is 0 Å². The van der Waals surface area contributed by atoms with Crippen molar-refractivity contribution in [1.82, 2.24) is 4.57 Å². The zero-order chi connectivity index (χ0) is 12.3. The quantitative estimate of drug-likeness (QED) is 0.844. The molecule has 0 amide bonds. The maximum absolute atomic E-state index is 9.54. The number of ether oxygens (including phenoxy) is 1. The Hall–Kier alpha value is -1.94. The summed E-state index contributed by atoms with van der Waals surface area (Å²) in [5, 5.41) is 9.54. The van der Waals surface area contributed by atoms with Crippen LogP contribution in [0, 0.1) is 0 Å². The third-order valence-electron chi connectivity index (χ3n) is 2.63. The maximum Gasteiger partial charge on any atom is 0.161 e. The highest BCUT2D eigenvalue weighted by Gasteiger charge is 2.04. The number of nitrogens with zero attached hydrogens (tertiary/aromatic N) is 1. The first-order valence-corrected chi connectivity index (χ1v) is 5.45. The molecule has 1 aromatic carbocycles. The standard InChI is InChI=1S/C13H16N2O2/c1-15-8-10(6-11(15)7-14)9-17-13-5-3-2-4-12(13)16/h2-6,8,16H,7,9,14H2,1H3. The number of aryl methyl sites for hydroxylation is 1. The van der Waals surface area contributed by atoms with Crippen molar-refractivity contribution in [2.24, 2.45) is 12.8 Å². The van der Waals surface area contributed by atoms with Crippen molar-refractivity contribution in [2.75, 3.05) is 0 Å². The average molecular weight is 232 g/mol. The monoisotopic (exact) mass is 232 g/mol. The molecule has 0 aliphatic rings. The predicted octanol–water partition coefficient (Wildman–Crippen LogP) is 1.77. The van der Waals surface area contributed by atoms with Crippen molar-refractivity contribution in [3.8, 4) is 11.5 Å². The van der Waals surface area contributed by atoms with Gasteiger partial charge in [0.2, 0.25) is 0 Å². The summed E-state index contributed by atoms with van der Waals surface area (Å²) in [7, 11) is 1.95. The highest BCUT2D eigenvalue weighted by molar-refractivity contribution is 5.38. The summed E-state index contributed by atoms with van der Waals surface area (Å²) in [6.45, 7) is 0.929. The second-order valence-corrected chi connectivity index (χ2v) is 3.91. The molecular formula is C13H16N2O2. The Labute approximate surface area is 100 Å². The van der Waals surface area contributed by atoms with Crippen LogP contribution >= 0.6 is 0 Å². The second kappa shape index (κ2) is 4.93. The Kier molecular flexibility index (Phi) is 3.35. The number of aromatic nitrogens is 1. The zero-order valence-corrected chi connectivity index (χ0v) is 9.76. The molecular weight excluding hydrogens is 216 g/mol. The first kappa shape index (κ1) is 11.5.